The van der Waals surface area contributed by atoms with Crippen molar-refractivity contribution < 1.29 is 9.59 Å². The Morgan fingerprint density at radius 2 is 1.67 bits per heavy atom. The van der Waals surface area contributed by atoms with Crippen molar-refractivity contribution in [2.24, 2.45) is 0 Å². The number of amides is 2. The number of rotatable bonds is 8. The average Bonchev–Trinajstić information content (AvgIpc) is 2.68. The van der Waals surface area contributed by atoms with Crippen molar-refractivity contribution in [2.45, 2.75) is 26.3 Å². The van der Waals surface area contributed by atoms with Gasteiger partial charge in [-0.25, -0.2) is 0 Å². The number of carbonyl (C=O) groups is 2. The van der Waals surface area contributed by atoms with Gasteiger partial charge in [-0.05, 0) is 32.0 Å². The fraction of sp³-hybridized carbons (Fsp3) is 0.619. The van der Waals surface area contributed by atoms with Crippen molar-refractivity contribution in [2.75, 3.05) is 59.9 Å². The molecule has 2 rings (SSSR count). The van der Waals surface area contributed by atoms with Crippen molar-refractivity contribution >= 4 is 11.8 Å². The Morgan fingerprint density at radius 1 is 1.00 bits per heavy atom. The molecule has 1 aromatic rings. The van der Waals surface area contributed by atoms with E-state index in [0.29, 0.717) is 19.6 Å². The molecular weight excluding hydrogens is 340 g/mol. The second-order valence-corrected chi connectivity index (χ2v) is 7.44. The highest BCUT2D eigenvalue weighted by atomic mass is 16.2. The standard InChI is InChI=1S/C21H34N4O2/c1-4-11-25(18-19-9-6-5-7-10-19)21(27)20(26)23(3)12-8-13-24-16-14-22(2)15-17-24/h5-7,9-10H,4,8,11-18H2,1-3H3. The number of benzene rings is 1. The second kappa shape index (κ2) is 11.0. The van der Waals surface area contributed by atoms with Crippen molar-refractivity contribution in [1.82, 2.24) is 19.6 Å². The third kappa shape index (κ3) is 6.96. The average molecular weight is 375 g/mol. The summed E-state index contributed by atoms with van der Waals surface area (Å²) in [5.74, 6) is -0.805. The van der Waals surface area contributed by atoms with E-state index in [9.17, 15) is 9.59 Å². The molecule has 1 aromatic carbocycles. The Hall–Kier alpha value is -1.92. The van der Waals surface area contributed by atoms with Crippen LogP contribution in [0.3, 0.4) is 0 Å². The smallest absolute Gasteiger partial charge is 0.312 e. The molecule has 1 saturated heterocycles. The van der Waals surface area contributed by atoms with E-state index in [1.807, 2.05) is 37.3 Å². The largest absolute Gasteiger partial charge is 0.337 e. The molecule has 1 aliphatic heterocycles. The van der Waals surface area contributed by atoms with E-state index < -0.39 is 11.8 Å². The molecule has 0 N–H and O–H groups in total. The van der Waals surface area contributed by atoms with Crippen molar-refractivity contribution in [3.8, 4) is 0 Å². The van der Waals surface area contributed by atoms with Crippen LogP contribution >= 0.6 is 0 Å². The van der Waals surface area contributed by atoms with E-state index in [4.69, 9.17) is 0 Å². The van der Waals surface area contributed by atoms with Gasteiger partial charge in [0, 0.05) is 52.9 Å². The molecule has 27 heavy (non-hydrogen) atoms. The van der Waals surface area contributed by atoms with Crippen LogP contribution in [-0.4, -0.2) is 91.3 Å². The van der Waals surface area contributed by atoms with Gasteiger partial charge in [-0.2, -0.15) is 0 Å². The minimum atomic E-state index is -0.405. The quantitative estimate of drug-likeness (QED) is 0.648. The number of carbonyl (C=O) groups excluding carboxylic acids is 2. The Bertz CT molecular complexity index is 585. The summed E-state index contributed by atoms with van der Waals surface area (Å²) in [6.07, 6.45) is 1.73. The predicted molar refractivity (Wildman–Crippen MR) is 108 cm³/mol. The first-order chi connectivity index (χ1) is 13.0. The Balaban J connectivity index is 1.80. The zero-order valence-electron chi connectivity index (χ0n) is 17.1. The molecule has 0 unspecified atom stereocenters. The fourth-order valence-corrected chi connectivity index (χ4v) is 3.33. The molecular formula is C21H34N4O2. The van der Waals surface area contributed by atoms with Crippen LogP contribution in [0.15, 0.2) is 30.3 Å². The van der Waals surface area contributed by atoms with Crippen molar-refractivity contribution in [3.05, 3.63) is 35.9 Å². The molecule has 0 atom stereocenters. The first-order valence-corrected chi connectivity index (χ1v) is 10.0. The summed E-state index contributed by atoms with van der Waals surface area (Å²) in [4.78, 5) is 33.3. The molecule has 150 valence electrons. The molecule has 2 amide bonds. The van der Waals surface area contributed by atoms with E-state index in [1.165, 1.54) is 0 Å². The molecule has 0 saturated carbocycles. The van der Waals surface area contributed by atoms with Crippen LogP contribution in [0.5, 0.6) is 0 Å². The van der Waals surface area contributed by atoms with Gasteiger partial charge >= 0.3 is 11.8 Å². The lowest BCUT2D eigenvalue weighted by Crippen LogP contribution is -2.46. The fourth-order valence-electron chi connectivity index (χ4n) is 3.33. The number of hydrogen-bond acceptors (Lipinski definition) is 4. The van der Waals surface area contributed by atoms with Gasteiger partial charge in [0.15, 0.2) is 0 Å². The van der Waals surface area contributed by atoms with Crippen LogP contribution in [0.2, 0.25) is 0 Å². The Labute approximate surface area is 163 Å². The molecule has 6 nitrogen and oxygen atoms in total. The summed E-state index contributed by atoms with van der Waals surface area (Å²) in [6, 6.07) is 9.83. The van der Waals surface area contributed by atoms with Gasteiger partial charge in [-0.3, -0.25) is 9.59 Å². The number of piperazine rings is 1. The lowest BCUT2D eigenvalue weighted by atomic mass is 10.2. The summed E-state index contributed by atoms with van der Waals surface area (Å²) in [5, 5.41) is 0. The van der Waals surface area contributed by atoms with Crippen LogP contribution in [-0.2, 0) is 16.1 Å². The highest BCUT2D eigenvalue weighted by molar-refractivity contribution is 6.34. The van der Waals surface area contributed by atoms with Gasteiger partial charge in [0.25, 0.3) is 0 Å². The van der Waals surface area contributed by atoms with Crippen LogP contribution in [0.4, 0.5) is 0 Å². The molecule has 1 aliphatic rings. The molecule has 0 spiro atoms. The lowest BCUT2D eigenvalue weighted by molar-refractivity contribution is -0.151. The monoisotopic (exact) mass is 374 g/mol. The highest BCUT2D eigenvalue weighted by Crippen LogP contribution is 2.07. The van der Waals surface area contributed by atoms with Crippen molar-refractivity contribution in [1.29, 1.82) is 0 Å². The molecule has 1 heterocycles. The molecule has 0 bridgehead atoms. The zero-order valence-corrected chi connectivity index (χ0v) is 17.1. The molecule has 1 fully saturated rings. The zero-order chi connectivity index (χ0) is 19.6. The van der Waals surface area contributed by atoms with E-state index in [2.05, 4.69) is 16.8 Å². The Kier molecular flexibility index (Phi) is 8.75. The first kappa shape index (κ1) is 21.4. The van der Waals surface area contributed by atoms with E-state index in [1.54, 1.807) is 16.8 Å². The maximum Gasteiger partial charge on any atom is 0.312 e. The number of hydrogen-bond donors (Lipinski definition) is 0. The normalized spacial score (nSPS) is 15.5. The highest BCUT2D eigenvalue weighted by Gasteiger charge is 2.24. The molecule has 0 radical (unpaired) electrons. The summed E-state index contributed by atoms with van der Waals surface area (Å²) in [5.41, 5.74) is 1.05. The summed E-state index contributed by atoms with van der Waals surface area (Å²) < 4.78 is 0. The van der Waals surface area contributed by atoms with Gasteiger partial charge < -0.3 is 19.6 Å². The van der Waals surface area contributed by atoms with Crippen LogP contribution in [0.25, 0.3) is 0 Å². The molecule has 0 aliphatic carbocycles. The van der Waals surface area contributed by atoms with Gasteiger partial charge in [0.1, 0.15) is 0 Å². The van der Waals surface area contributed by atoms with Gasteiger partial charge in [-0.1, -0.05) is 37.3 Å². The summed E-state index contributed by atoms with van der Waals surface area (Å²) in [7, 11) is 3.88. The van der Waals surface area contributed by atoms with Crippen LogP contribution < -0.4 is 0 Å². The minimum Gasteiger partial charge on any atom is -0.337 e. The third-order valence-electron chi connectivity index (χ3n) is 5.09. The van der Waals surface area contributed by atoms with E-state index in [-0.39, 0.29) is 0 Å². The number of nitrogens with zero attached hydrogens (tertiary/aromatic N) is 4. The van der Waals surface area contributed by atoms with Crippen LogP contribution in [0, 0.1) is 0 Å². The SMILES string of the molecule is CCCN(Cc1ccccc1)C(=O)C(=O)N(C)CCCN1CCN(C)CC1. The summed E-state index contributed by atoms with van der Waals surface area (Å²) in [6.45, 7) is 9.03. The summed E-state index contributed by atoms with van der Waals surface area (Å²) >= 11 is 0. The lowest BCUT2D eigenvalue weighted by Gasteiger charge is -2.32. The van der Waals surface area contributed by atoms with Gasteiger partial charge in [-0.15, -0.1) is 0 Å². The van der Waals surface area contributed by atoms with E-state index in [0.717, 1.165) is 51.1 Å². The minimum absolute atomic E-state index is 0.400. The van der Waals surface area contributed by atoms with Gasteiger partial charge in [0.2, 0.25) is 0 Å². The van der Waals surface area contributed by atoms with Gasteiger partial charge in [0.05, 0.1) is 0 Å². The van der Waals surface area contributed by atoms with E-state index >= 15 is 0 Å². The molecule has 6 heteroatoms. The maximum absolute atomic E-state index is 12.7. The number of likely N-dealkylation sites (N-methyl/N-ethyl adjacent to an activating group) is 2. The van der Waals surface area contributed by atoms with Crippen LogP contribution in [0.1, 0.15) is 25.3 Å². The van der Waals surface area contributed by atoms with Crippen molar-refractivity contribution in [3.63, 3.8) is 0 Å². The predicted octanol–water partition coefficient (Wildman–Crippen LogP) is 1.52. The second-order valence-electron chi connectivity index (χ2n) is 7.44. The topological polar surface area (TPSA) is 47.1 Å². The third-order valence-corrected chi connectivity index (χ3v) is 5.09. The maximum atomic E-state index is 12.7. The first-order valence-electron chi connectivity index (χ1n) is 10.0. The molecule has 0 aromatic heterocycles. The Morgan fingerprint density at radius 3 is 2.30 bits per heavy atom.